The first-order valence-corrected chi connectivity index (χ1v) is 9.02. The van der Waals surface area contributed by atoms with Gasteiger partial charge < -0.3 is 24.4 Å². The van der Waals surface area contributed by atoms with Gasteiger partial charge in [-0.15, -0.1) is 0 Å². The summed E-state index contributed by atoms with van der Waals surface area (Å²) in [6.07, 6.45) is 2.87. The van der Waals surface area contributed by atoms with E-state index in [0.29, 0.717) is 25.3 Å². The Hall–Kier alpha value is -1.63. The molecule has 2 atom stereocenters. The molecule has 1 amide bonds. The molecular weight excluding hydrogens is 320 g/mol. The highest BCUT2D eigenvalue weighted by molar-refractivity contribution is 5.94. The number of amides is 1. The molecule has 0 saturated carbocycles. The van der Waals surface area contributed by atoms with Gasteiger partial charge in [0.1, 0.15) is 18.5 Å². The molecule has 0 unspecified atom stereocenters. The van der Waals surface area contributed by atoms with E-state index in [1.54, 1.807) is 7.11 Å². The van der Waals surface area contributed by atoms with Crippen LogP contribution in [0.15, 0.2) is 24.3 Å². The lowest BCUT2D eigenvalue weighted by atomic mass is 9.85. The molecule has 1 aromatic carbocycles. The van der Waals surface area contributed by atoms with Crippen LogP contribution in [0.3, 0.4) is 0 Å². The van der Waals surface area contributed by atoms with E-state index in [-0.39, 0.29) is 17.6 Å². The number of hydrogen-bond donors (Lipinski definition) is 1. The van der Waals surface area contributed by atoms with Crippen molar-refractivity contribution < 1.29 is 19.0 Å². The third kappa shape index (κ3) is 3.97. The van der Waals surface area contributed by atoms with Gasteiger partial charge in [0.05, 0.1) is 5.60 Å². The zero-order valence-electron chi connectivity index (χ0n) is 15.1. The van der Waals surface area contributed by atoms with E-state index in [0.717, 1.165) is 38.2 Å². The van der Waals surface area contributed by atoms with Gasteiger partial charge in [0.25, 0.3) is 5.91 Å². The third-order valence-electron chi connectivity index (χ3n) is 5.21. The minimum absolute atomic E-state index is 0.0386. The van der Waals surface area contributed by atoms with E-state index in [1.165, 1.54) is 0 Å². The number of hydrogen-bond acceptors (Lipinski definition) is 5. The standard InChI is InChI=1S/C19H28N2O4/c1-20-10-13-24-16-6-4-15(5-7-16)18(22)21-11-9-19(8-3-12-25-19)17(14-21)23-2/h4-7,17,20H,3,8-14H2,1-2H3/t17-,19-/m0/s1. The predicted octanol–water partition coefficient (Wildman–Crippen LogP) is 1.69. The van der Waals surface area contributed by atoms with E-state index >= 15 is 0 Å². The first kappa shape index (κ1) is 18.2. The number of rotatable bonds is 6. The molecule has 1 aromatic rings. The molecule has 1 spiro atoms. The van der Waals surface area contributed by atoms with Gasteiger partial charge in [-0.05, 0) is 50.6 Å². The van der Waals surface area contributed by atoms with Crippen LogP contribution < -0.4 is 10.1 Å². The van der Waals surface area contributed by atoms with Gasteiger partial charge >= 0.3 is 0 Å². The molecule has 2 heterocycles. The maximum absolute atomic E-state index is 12.8. The van der Waals surface area contributed by atoms with E-state index in [1.807, 2.05) is 36.2 Å². The number of likely N-dealkylation sites (N-methyl/N-ethyl adjacent to an activating group) is 1. The highest BCUT2D eigenvalue weighted by atomic mass is 16.6. The first-order valence-electron chi connectivity index (χ1n) is 9.02. The summed E-state index contributed by atoms with van der Waals surface area (Å²) in [6, 6.07) is 7.36. The summed E-state index contributed by atoms with van der Waals surface area (Å²) in [5.74, 6) is 0.815. The quantitative estimate of drug-likeness (QED) is 0.793. The largest absolute Gasteiger partial charge is 0.492 e. The lowest BCUT2D eigenvalue weighted by Crippen LogP contribution is -2.57. The number of nitrogens with one attached hydrogen (secondary N) is 1. The van der Waals surface area contributed by atoms with E-state index in [9.17, 15) is 4.79 Å². The Morgan fingerprint density at radius 1 is 1.36 bits per heavy atom. The van der Waals surface area contributed by atoms with Crippen LogP contribution in [0.1, 0.15) is 29.6 Å². The number of nitrogens with zero attached hydrogens (tertiary/aromatic N) is 1. The van der Waals surface area contributed by atoms with Gasteiger partial charge in [0.15, 0.2) is 0 Å². The zero-order chi connectivity index (χ0) is 17.7. The first-order chi connectivity index (χ1) is 12.2. The van der Waals surface area contributed by atoms with Gasteiger partial charge in [0, 0.05) is 38.9 Å². The summed E-state index contributed by atoms with van der Waals surface area (Å²) in [6.45, 7) is 3.47. The topological polar surface area (TPSA) is 60.0 Å². The second kappa shape index (κ2) is 8.17. The Morgan fingerprint density at radius 2 is 2.16 bits per heavy atom. The van der Waals surface area contributed by atoms with Gasteiger partial charge in [-0.1, -0.05) is 0 Å². The molecule has 0 radical (unpaired) electrons. The van der Waals surface area contributed by atoms with Crippen molar-refractivity contribution in [2.45, 2.75) is 31.0 Å². The molecule has 6 heteroatoms. The van der Waals surface area contributed by atoms with Crippen molar-refractivity contribution in [3.05, 3.63) is 29.8 Å². The molecule has 2 aliphatic heterocycles. The number of carbonyl (C=O) groups excluding carboxylic acids is 1. The minimum atomic E-state index is -0.198. The molecular formula is C19H28N2O4. The Balaban J connectivity index is 1.61. The maximum atomic E-state index is 12.8. The van der Waals surface area contributed by atoms with Crippen molar-refractivity contribution >= 4 is 5.91 Å². The van der Waals surface area contributed by atoms with E-state index in [4.69, 9.17) is 14.2 Å². The van der Waals surface area contributed by atoms with Gasteiger partial charge in [-0.25, -0.2) is 0 Å². The fourth-order valence-electron chi connectivity index (χ4n) is 3.73. The summed E-state index contributed by atoms with van der Waals surface area (Å²) in [7, 11) is 3.59. The number of ether oxygens (including phenoxy) is 3. The highest BCUT2D eigenvalue weighted by Crippen LogP contribution is 2.37. The molecule has 2 fully saturated rings. The van der Waals surface area contributed by atoms with Crippen LogP contribution in [-0.4, -0.2) is 69.5 Å². The second-order valence-electron chi connectivity index (χ2n) is 6.72. The molecule has 3 rings (SSSR count). The lowest BCUT2D eigenvalue weighted by molar-refractivity contribution is -0.136. The summed E-state index contributed by atoms with van der Waals surface area (Å²) in [5.41, 5.74) is 0.482. The molecule has 25 heavy (non-hydrogen) atoms. The van der Waals surface area contributed by atoms with Gasteiger partial charge in [-0.2, -0.15) is 0 Å². The van der Waals surface area contributed by atoms with Crippen LogP contribution in [0.5, 0.6) is 5.75 Å². The van der Waals surface area contributed by atoms with Crippen LogP contribution in [-0.2, 0) is 9.47 Å². The van der Waals surface area contributed by atoms with Gasteiger partial charge in [0.2, 0.25) is 0 Å². The normalized spacial score (nSPS) is 26.2. The van der Waals surface area contributed by atoms with Crippen molar-refractivity contribution in [3.8, 4) is 5.75 Å². The Morgan fingerprint density at radius 3 is 2.80 bits per heavy atom. The molecule has 0 bridgehead atoms. The van der Waals surface area contributed by atoms with E-state index < -0.39 is 0 Å². The Labute approximate surface area is 149 Å². The van der Waals surface area contributed by atoms with Crippen LogP contribution >= 0.6 is 0 Å². The molecule has 138 valence electrons. The second-order valence-corrected chi connectivity index (χ2v) is 6.72. The Bertz CT molecular complexity index is 569. The molecule has 6 nitrogen and oxygen atoms in total. The lowest BCUT2D eigenvalue weighted by Gasteiger charge is -2.44. The SMILES string of the molecule is CNCCOc1ccc(C(=O)N2CC[C@@]3(CCCO3)[C@@H](OC)C2)cc1. The number of benzene rings is 1. The van der Waals surface area contributed by atoms with Gasteiger partial charge in [-0.3, -0.25) is 4.79 Å². The summed E-state index contributed by atoms with van der Waals surface area (Å²) >= 11 is 0. The third-order valence-corrected chi connectivity index (χ3v) is 5.21. The van der Waals surface area contributed by atoms with Crippen LogP contribution in [0.4, 0.5) is 0 Å². The number of carbonyl (C=O) groups is 1. The van der Waals surface area contributed by atoms with Crippen LogP contribution in [0.2, 0.25) is 0 Å². The average Bonchev–Trinajstić information content (AvgIpc) is 3.11. The van der Waals surface area contributed by atoms with Crippen molar-refractivity contribution in [2.24, 2.45) is 0 Å². The number of likely N-dealkylation sites (tertiary alicyclic amines) is 1. The summed E-state index contributed by atoms with van der Waals surface area (Å²) in [4.78, 5) is 14.7. The zero-order valence-corrected chi connectivity index (χ0v) is 15.1. The molecule has 0 aliphatic carbocycles. The molecule has 2 aliphatic rings. The molecule has 2 saturated heterocycles. The fourth-order valence-corrected chi connectivity index (χ4v) is 3.73. The van der Waals surface area contributed by atoms with Crippen molar-refractivity contribution in [3.63, 3.8) is 0 Å². The fraction of sp³-hybridized carbons (Fsp3) is 0.632. The smallest absolute Gasteiger partial charge is 0.253 e. The average molecular weight is 348 g/mol. The number of piperidine rings is 1. The Kier molecular flexibility index (Phi) is 5.93. The summed E-state index contributed by atoms with van der Waals surface area (Å²) < 4.78 is 17.3. The molecule has 0 aromatic heterocycles. The van der Waals surface area contributed by atoms with Crippen LogP contribution in [0.25, 0.3) is 0 Å². The van der Waals surface area contributed by atoms with Crippen molar-refractivity contribution in [1.29, 1.82) is 0 Å². The minimum Gasteiger partial charge on any atom is -0.492 e. The monoisotopic (exact) mass is 348 g/mol. The number of methoxy groups -OCH3 is 1. The van der Waals surface area contributed by atoms with Crippen molar-refractivity contribution in [1.82, 2.24) is 10.2 Å². The van der Waals surface area contributed by atoms with Crippen molar-refractivity contribution in [2.75, 3.05) is 47.0 Å². The van der Waals surface area contributed by atoms with E-state index in [2.05, 4.69) is 5.32 Å². The van der Waals surface area contributed by atoms with Crippen LogP contribution in [0, 0.1) is 0 Å². The highest BCUT2D eigenvalue weighted by Gasteiger charge is 2.47. The predicted molar refractivity (Wildman–Crippen MR) is 95.1 cm³/mol. The summed E-state index contributed by atoms with van der Waals surface area (Å²) in [5, 5.41) is 3.03. The maximum Gasteiger partial charge on any atom is 0.253 e. The molecule has 1 N–H and O–H groups in total.